The van der Waals surface area contributed by atoms with Crippen LogP contribution in [0.1, 0.15) is 73.4 Å². The van der Waals surface area contributed by atoms with Gasteiger partial charge in [-0.05, 0) is 121 Å². The Labute approximate surface area is 341 Å². The number of ether oxygens (including phenoxy) is 4. The second-order valence-corrected chi connectivity index (χ2v) is 16.5. The van der Waals surface area contributed by atoms with E-state index in [2.05, 4.69) is 49.7 Å². The van der Waals surface area contributed by atoms with Crippen LogP contribution in [-0.2, 0) is 14.2 Å². The van der Waals surface area contributed by atoms with Gasteiger partial charge in [0, 0.05) is 20.3 Å². The zero-order chi connectivity index (χ0) is 41.4. The van der Waals surface area contributed by atoms with Crippen LogP contribution in [0.15, 0.2) is 85.2 Å². The van der Waals surface area contributed by atoms with E-state index in [9.17, 15) is 14.4 Å². The summed E-state index contributed by atoms with van der Waals surface area (Å²) < 4.78 is 25.2. The fourth-order valence-corrected chi connectivity index (χ4v) is 5.19. The molecule has 5 aromatic rings. The van der Waals surface area contributed by atoms with Gasteiger partial charge >= 0.3 is 18.3 Å². The molecule has 0 saturated heterocycles. The van der Waals surface area contributed by atoms with Crippen LogP contribution in [0.4, 0.5) is 26.3 Å². The summed E-state index contributed by atoms with van der Waals surface area (Å²) in [5.74, 6) is 7.04. The van der Waals surface area contributed by atoms with E-state index in [0.717, 1.165) is 20.3 Å². The minimum atomic E-state index is -0.750. The Morgan fingerprint density at radius 3 is 1.73 bits per heavy atom. The highest BCUT2D eigenvalue weighted by molar-refractivity contribution is 14.1. The number of hydrogen-bond donors (Lipinski definition) is 2. The highest BCUT2D eigenvalue weighted by Crippen LogP contribution is 2.27. The smallest absolute Gasteiger partial charge is 0.421 e. The van der Waals surface area contributed by atoms with Gasteiger partial charge in [0.2, 0.25) is 11.9 Å². The highest BCUT2D eigenvalue weighted by Gasteiger charge is 2.27. The van der Waals surface area contributed by atoms with Crippen LogP contribution in [0, 0.1) is 15.4 Å². The average molecular weight is 875 g/mol. The van der Waals surface area contributed by atoms with Crippen molar-refractivity contribution in [3.8, 4) is 40.1 Å². The summed E-state index contributed by atoms with van der Waals surface area (Å²) >= 11 is 2.22. The molecular weight excluding hydrogens is 827 g/mol. The first-order valence-corrected chi connectivity index (χ1v) is 18.6. The van der Waals surface area contributed by atoms with Crippen LogP contribution in [0.25, 0.3) is 22.5 Å². The Morgan fingerprint density at radius 2 is 1.18 bits per heavy atom. The molecule has 3 aromatic carbocycles. The number of aromatic nitrogens is 4. The maximum Gasteiger partial charge on any atom is 0.421 e. The first kappa shape index (κ1) is 42.9. The largest absolute Gasteiger partial charge is 0.495 e. The van der Waals surface area contributed by atoms with Crippen molar-refractivity contribution < 1.29 is 33.3 Å². The van der Waals surface area contributed by atoms with Crippen LogP contribution in [-0.4, -0.2) is 61.3 Å². The molecule has 0 fully saturated rings. The topological polar surface area (TPSA) is 162 Å². The Bertz CT molecular complexity index is 2230. The number of imidazole rings is 2. The molecule has 2 heterocycles. The number of halogens is 1. The molecule has 0 radical (unpaired) electrons. The molecule has 0 aliphatic heterocycles. The molecule has 0 unspecified atom stereocenters. The highest BCUT2D eigenvalue weighted by atomic mass is 127. The lowest BCUT2D eigenvalue weighted by Gasteiger charge is -2.22. The summed E-state index contributed by atoms with van der Waals surface area (Å²) in [4.78, 5) is 45.9. The number of amides is 1. The van der Waals surface area contributed by atoms with Crippen LogP contribution in [0.3, 0.4) is 0 Å². The number of nitrogens with one attached hydrogen (secondary N) is 1. The van der Waals surface area contributed by atoms with E-state index in [1.54, 1.807) is 54.8 Å². The van der Waals surface area contributed by atoms with Crippen molar-refractivity contribution in [2.75, 3.05) is 18.2 Å². The van der Waals surface area contributed by atoms with Gasteiger partial charge in [-0.1, -0.05) is 48.2 Å². The molecule has 0 spiro atoms. The second-order valence-electron chi connectivity index (χ2n) is 15.3. The van der Waals surface area contributed by atoms with Gasteiger partial charge < -0.3 is 24.7 Å². The van der Waals surface area contributed by atoms with Crippen molar-refractivity contribution in [2.45, 2.75) is 79.1 Å². The van der Waals surface area contributed by atoms with Crippen molar-refractivity contribution in [1.29, 1.82) is 0 Å². The Hall–Kier alpha value is -5.82. The van der Waals surface area contributed by atoms with Crippen molar-refractivity contribution in [2.24, 2.45) is 0 Å². The fourth-order valence-electron chi connectivity index (χ4n) is 4.83. The summed E-state index contributed by atoms with van der Waals surface area (Å²) in [5, 5.41) is 2.54. The molecule has 294 valence electrons. The second kappa shape index (κ2) is 17.8. The van der Waals surface area contributed by atoms with Gasteiger partial charge in [0.05, 0.1) is 36.5 Å². The maximum absolute atomic E-state index is 13.1. The van der Waals surface area contributed by atoms with E-state index in [1.165, 1.54) is 15.3 Å². The lowest BCUT2D eigenvalue weighted by atomic mass is 10.1. The monoisotopic (exact) mass is 874 g/mol. The molecule has 0 bridgehead atoms. The molecule has 2 aromatic heterocycles. The predicted molar refractivity (Wildman–Crippen MR) is 225 cm³/mol. The zero-order valence-electron chi connectivity index (χ0n) is 33.2. The molecule has 13 nitrogen and oxygen atoms in total. The summed E-state index contributed by atoms with van der Waals surface area (Å²) in [7, 11) is 1.61. The van der Waals surface area contributed by atoms with E-state index in [1.807, 2.05) is 93.6 Å². The Balaban J connectivity index is 0.000000293. The molecule has 3 N–H and O–H groups in total. The summed E-state index contributed by atoms with van der Waals surface area (Å²) in [6.07, 6.45) is 1.13. The van der Waals surface area contributed by atoms with Crippen molar-refractivity contribution in [3.05, 3.63) is 99.9 Å². The molecular formula is C42H47IN6O7. The minimum absolute atomic E-state index is 0.00598. The number of carbonyl (C=O) groups is 3. The third-order valence-corrected chi connectivity index (χ3v) is 7.80. The average Bonchev–Trinajstić information content (AvgIpc) is 3.69. The summed E-state index contributed by atoms with van der Waals surface area (Å²) in [6.45, 7) is 15.9. The number of nitrogen functional groups attached to an aromatic ring is 1. The first-order chi connectivity index (χ1) is 26.1. The molecule has 0 atom stereocenters. The van der Waals surface area contributed by atoms with E-state index in [-0.39, 0.29) is 11.9 Å². The van der Waals surface area contributed by atoms with Gasteiger partial charge in [0.1, 0.15) is 22.6 Å². The zero-order valence-corrected chi connectivity index (χ0v) is 35.3. The van der Waals surface area contributed by atoms with Crippen molar-refractivity contribution in [1.82, 2.24) is 19.1 Å². The van der Waals surface area contributed by atoms with Crippen LogP contribution in [0.5, 0.6) is 5.75 Å². The van der Waals surface area contributed by atoms with Gasteiger partial charge in [-0.15, -0.1) is 0 Å². The minimum Gasteiger partial charge on any atom is -0.495 e. The third kappa shape index (κ3) is 12.4. The van der Waals surface area contributed by atoms with Crippen LogP contribution < -0.4 is 15.8 Å². The quantitative estimate of drug-likeness (QED) is 0.101. The van der Waals surface area contributed by atoms with E-state index >= 15 is 0 Å². The lowest BCUT2D eigenvalue weighted by molar-refractivity contribution is 0.0529. The lowest BCUT2D eigenvalue weighted by Crippen LogP contribution is -2.31. The molecule has 14 heteroatoms. The van der Waals surface area contributed by atoms with Gasteiger partial charge in [0.15, 0.2) is 0 Å². The molecule has 5 rings (SSSR count). The normalized spacial score (nSPS) is 11.3. The standard InChI is InChI=1S/C28H31N3O5.C14H16IN3O2/c1-27(2,3)35-25(32)30-24-29-18-22(31(24)26(33)36-28(4,5)6)20-15-12-19(13-16-20)14-17-21-10-8-9-11-23(21)34-7;1-14(2,3)20-13(19)18-11(8-17-12(18)16)9-4-6-10(15)7-5-9/h8-13,15-16,18H,1-7H3,(H,29,30,32);4-8H,1-3H3,(H2,16,17). The van der Waals surface area contributed by atoms with Gasteiger partial charge in [-0.2, -0.15) is 0 Å². The number of hydrogen-bond acceptors (Lipinski definition) is 10. The number of nitrogens with zero attached hydrogens (tertiary/aromatic N) is 4. The number of rotatable bonds is 4. The van der Waals surface area contributed by atoms with E-state index < -0.39 is 35.1 Å². The maximum atomic E-state index is 13.1. The SMILES string of the molecule is CC(C)(C)OC(=O)n1c(-c2ccc(I)cc2)cnc1N.COc1ccccc1C#Cc1ccc(-c2cnc(NC(=O)OC(C)(C)C)n2C(=O)OC(C)(C)C)cc1. The molecule has 0 aliphatic rings. The third-order valence-electron chi connectivity index (χ3n) is 7.08. The first-order valence-electron chi connectivity index (χ1n) is 17.5. The number of anilines is 2. The number of para-hydroxylation sites is 1. The number of nitrogens with two attached hydrogens (primary N) is 1. The number of benzene rings is 3. The number of carbonyl (C=O) groups excluding carboxylic acids is 3. The van der Waals surface area contributed by atoms with Crippen LogP contribution >= 0.6 is 22.6 Å². The molecule has 1 amide bonds. The summed E-state index contributed by atoms with van der Waals surface area (Å²) in [6, 6.07) is 22.6. The Morgan fingerprint density at radius 1 is 0.679 bits per heavy atom. The van der Waals surface area contributed by atoms with E-state index in [4.69, 9.17) is 24.7 Å². The molecule has 0 saturated carbocycles. The van der Waals surface area contributed by atoms with Crippen LogP contribution in [0.2, 0.25) is 0 Å². The van der Waals surface area contributed by atoms with Crippen molar-refractivity contribution >= 4 is 52.8 Å². The summed E-state index contributed by atoms with van der Waals surface area (Å²) in [5.41, 5.74) is 7.90. The van der Waals surface area contributed by atoms with Crippen molar-refractivity contribution in [3.63, 3.8) is 0 Å². The molecule has 56 heavy (non-hydrogen) atoms. The fraction of sp³-hybridized carbons (Fsp3) is 0.310. The van der Waals surface area contributed by atoms with E-state index in [0.29, 0.717) is 22.7 Å². The number of methoxy groups -OCH3 is 1. The van der Waals surface area contributed by atoms with Gasteiger partial charge in [-0.25, -0.2) is 33.5 Å². The Kier molecular flexibility index (Phi) is 13.6. The van der Waals surface area contributed by atoms with Gasteiger partial charge in [-0.3, -0.25) is 5.32 Å². The molecule has 0 aliphatic carbocycles. The van der Waals surface area contributed by atoms with Gasteiger partial charge in [0.25, 0.3) is 0 Å². The predicted octanol–water partition coefficient (Wildman–Crippen LogP) is 9.61.